The quantitative estimate of drug-likeness (QED) is 0.0148. The number of unbranched alkanes of at least 4 members (excludes halogenated alkanes) is 30. The maximum atomic E-state index is 15.0. The molecule has 0 bridgehead atoms. The number of carbonyl (C=O) groups is 5. The van der Waals surface area contributed by atoms with E-state index in [1.165, 1.54) is 75.0 Å². The zero-order valence-electron chi connectivity index (χ0n) is 69.3. The van der Waals surface area contributed by atoms with E-state index in [9.17, 15) is 28.5 Å². The van der Waals surface area contributed by atoms with Gasteiger partial charge in [0, 0.05) is 33.2 Å². The van der Waals surface area contributed by atoms with Crippen LogP contribution in [0.15, 0.2) is 88.1 Å². The Labute approximate surface area is 673 Å². The number of allylic oxidation sites excluding steroid dienone is 2. The van der Waals surface area contributed by atoms with Gasteiger partial charge in [0.15, 0.2) is 24.8 Å². The molecule has 0 aliphatic carbocycles. The number of ether oxygens (including phenoxy) is 11. The van der Waals surface area contributed by atoms with Crippen LogP contribution < -0.4 is 5.32 Å². The van der Waals surface area contributed by atoms with Crippen molar-refractivity contribution < 1.29 is 112 Å². The Morgan fingerprint density at radius 3 is 1.37 bits per heavy atom. The second-order valence-electron chi connectivity index (χ2n) is 28.6. The predicted molar refractivity (Wildman–Crippen MR) is 437 cm³/mol. The zero-order chi connectivity index (χ0) is 82.0. The smallest absolute Gasteiger partial charge is 0.454 e. The Balaban J connectivity index is 3.04. The lowest BCUT2D eigenvalue weighted by Crippen LogP contribution is -2.67. The summed E-state index contributed by atoms with van der Waals surface area (Å²) in [5.41, 5.74) is 0. The van der Waals surface area contributed by atoms with Crippen molar-refractivity contribution in [3.8, 4) is 0 Å². The fourth-order valence-electron chi connectivity index (χ4n) is 12.9. The standard InChI is InChI=1S/C85H147NO24P2/c1-12-22-26-30-33-36-37-38-39-40-41-43-45-49-53-57-75(89)107-81-80(96-66-58-71(94-11)56-52-47-29-25-15-4)78(109-111(92,101-61-18-7)102-62-19-8)73(69-100-84(90)97-59-16-5)106-83(81)99-68-72-77(108-85(91)98-60-17-6)79(95-65-54-50-46-35-32-28-24-14-3)76(82(105-72)110-112(93,103-63-20-9)104-64-21-10)86-74(88)67-70(87)55-51-48-44-42-34-31-27-23-13-2/h16-21,36-37,71-73,76-83H,5-10,12-15,22-35,38-69H2,1-4,11H3,(H,86,88)/b37-36-/t71-,72+,73+,76-,77+,78+,79+,80-,81+,82+,83+/m0/s1. The number of amides is 1. The fraction of sp³-hybridized carbons (Fsp3) is 0.776. The molecular weight excluding hydrogens is 1480 g/mol. The van der Waals surface area contributed by atoms with Crippen LogP contribution in [0.3, 0.4) is 0 Å². The average molecular weight is 1630 g/mol. The molecule has 2 heterocycles. The van der Waals surface area contributed by atoms with Crippen LogP contribution in [0.25, 0.3) is 0 Å². The molecule has 2 aliphatic heterocycles. The van der Waals surface area contributed by atoms with Crippen LogP contribution >= 0.6 is 15.6 Å². The molecule has 0 aromatic carbocycles. The topological polar surface area (TPSA) is 288 Å². The number of phosphoric acid groups is 2. The molecule has 0 radical (unpaired) electrons. The summed E-state index contributed by atoms with van der Waals surface area (Å²) in [6, 6.07) is -1.58. The molecule has 112 heavy (non-hydrogen) atoms. The highest BCUT2D eigenvalue weighted by Gasteiger charge is 2.56. The first-order valence-electron chi connectivity index (χ1n) is 42.3. The predicted octanol–water partition coefficient (Wildman–Crippen LogP) is 20.9. The molecule has 0 spiro atoms. The minimum absolute atomic E-state index is 0.000901. The molecule has 0 aromatic rings. The first-order chi connectivity index (χ1) is 54.5. The van der Waals surface area contributed by atoms with Crippen molar-refractivity contribution in [1.29, 1.82) is 0 Å². The second-order valence-corrected chi connectivity index (χ2v) is 31.8. The summed E-state index contributed by atoms with van der Waals surface area (Å²) >= 11 is 0. The third kappa shape index (κ3) is 48.8. The van der Waals surface area contributed by atoms with E-state index in [4.69, 9.17) is 79.2 Å². The van der Waals surface area contributed by atoms with Crippen LogP contribution in [0.2, 0.25) is 0 Å². The third-order valence-corrected chi connectivity index (χ3v) is 21.8. The highest BCUT2D eigenvalue weighted by Crippen LogP contribution is 2.54. The highest BCUT2D eigenvalue weighted by atomic mass is 31.2. The number of hydrogen-bond acceptors (Lipinski definition) is 24. The second kappa shape index (κ2) is 68.4. The zero-order valence-corrected chi connectivity index (χ0v) is 71.0. The molecule has 25 nitrogen and oxygen atoms in total. The Bertz CT molecular complexity index is 2620. The highest BCUT2D eigenvalue weighted by molar-refractivity contribution is 7.48. The van der Waals surface area contributed by atoms with E-state index in [1.807, 2.05) is 0 Å². The number of phosphoric ester groups is 2. The summed E-state index contributed by atoms with van der Waals surface area (Å²) in [7, 11) is -7.95. The normalized spacial score (nSPS) is 20.2. The summed E-state index contributed by atoms with van der Waals surface area (Å²) in [5.74, 6) is -1.84. The maximum absolute atomic E-state index is 15.0. The van der Waals surface area contributed by atoms with Crippen molar-refractivity contribution in [3.63, 3.8) is 0 Å². The van der Waals surface area contributed by atoms with Gasteiger partial charge in [0.2, 0.25) is 5.91 Å². The fourth-order valence-corrected chi connectivity index (χ4v) is 15.4. The minimum atomic E-state index is -4.80. The van der Waals surface area contributed by atoms with Gasteiger partial charge in [-0.25, -0.2) is 18.7 Å². The maximum Gasteiger partial charge on any atom is 0.509 e. The number of rotatable bonds is 76. The van der Waals surface area contributed by atoms with Crippen LogP contribution in [0, 0.1) is 0 Å². The number of nitrogens with one attached hydrogen (secondary N) is 1. The number of ketones is 1. The largest absolute Gasteiger partial charge is 0.509 e. The van der Waals surface area contributed by atoms with Gasteiger partial charge >= 0.3 is 33.9 Å². The summed E-state index contributed by atoms with van der Waals surface area (Å²) < 4.78 is 135. The minimum Gasteiger partial charge on any atom is -0.454 e. The first-order valence-corrected chi connectivity index (χ1v) is 45.2. The lowest BCUT2D eigenvalue weighted by Gasteiger charge is -2.47. The van der Waals surface area contributed by atoms with Crippen molar-refractivity contribution in [2.75, 3.05) is 73.2 Å². The molecule has 2 rings (SSSR count). The van der Waals surface area contributed by atoms with Crippen molar-refractivity contribution in [3.05, 3.63) is 88.1 Å². The Kier molecular flexibility index (Phi) is 63.1. The molecule has 11 atom stereocenters. The molecule has 27 heteroatoms. The van der Waals surface area contributed by atoms with Crippen molar-refractivity contribution >= 4 is 45.6 Å². The molecule has 2 fully saturated rings. The van der Waals surface area contributed by atoms with Crippen molar-refractivity contribution in [2.24, 2.45) is 0 Å². The first kappa shape index (κ1) is 103. The summed E-state index contributed by atoms with van der Waals surface area (Å²) in [5, 5.41) is 2.86. The molecule has 646 valence electrons. The van der Waals surface area contributed by atoms with Gasteiger partial charge in [-0.2, -0.15) is 0 Å². The molecular formula is C85H147NO24P2. The summed E-state index contributed by atoms with van der Waals surface area (Å²) in [6.07, 6.45) is 30.2. The Morgan fingerprint density at radius 1 is 0.411 bits per heavy atom. The molecule has 1 N–H and O–H groups in total. The van der Waals surface area contributed by atoms with E-state index in [0.29, 0.717) is 38.5 Å². The van der Waals surface area contributed by atoms with Gasteiger partial charge in [0.25, 0.3) is 0 Å². The van der Waals surface area contributed by atoms with Crippen LogP contribution in [-0.2, 0) is 103 Å². The van der Waals surface area contributed by atoms with E-state index >= 15 is 4.57 Å². The summed E-state index contributed by atoms with van der Waals surface area (Å²) in [6.45, 7) is 27.4. The van der Waals surface area contributed by atoms with E-state index in [0.717, 1.165) is 161 Å². The van der Waals surface area contributed by atoms with Gasteiger partial charge < -0.3 is 57.4 Å². The lowest BCUT2D eigenvalue weighted by molar-refractivity contribution is -0.323. The van der Waals surface area contributed by atoms with Gasteiger partial charge in [-0.05, 0) is 57.8 Å². The number of carbonyl (C=O) groups excluding carboxylic acids is 5. The molecule has 1 amide bonds. The number of esters is 1. The monoisotopic (exact) mass is 1630 g/mol. The Hall–Kier alpha value is -4.69. The van der Waals surface area contributed by atoms with E-state index in [1.54, 1.807) is 7.11 Å². The number of Topliss-reactive ketones (excluding diaryl/α,β-unsaturated/α-hetero) is 1. The van der Waals surface area contributed by atoms with E-state index < -0.39 is 121 Å². The van der Waals surface area contributed by atoms with Crippen LogP contribution in [0.4, 0.5) is 9.59 Å². The molecule has 0 unspecified atom stereocenters. The van der Waals surface area contributed by atoms with Gasteiger partial charge in [0.1, 0.15) is 62.2 Å². The van der Waals surface area contributed by atoms with Gasteiger partial charge in [-0.1, -0.05) is 269 Å². The lowest BCUT2D eigenvalue weighted by atomic mass is 9.95. The van der Waals surface area contributed by atoms with Crippen molar-refractivity contribution in [1.82, 2.24) is 5.32 Å². The molecule has 0 aromatic heterocycles. The molecule has 2 aliphatic rings. The van der Waals surface area contributed by atoms with Gasteiger partial charge in [-0.3, -0.25) is 41.5 Å². The summed E-state index contributed by atoms with van der Waals surface area (Å²) in [4.78, 5) is 70.6. The SMILES string of the molecule is C=CCOC(=O)OC[C@H]1O[C@@H](OC[C@H]2O[C@H](OP(=O)(OCC=C)OCC=C)[C@@H](NC(=O)CC(=O)CCCCCCCCCCC)[C@@H](OCCCCCCCCCC)[C@@H]2OC(=O)OCC=C)[C@H](OC(=O)CCCCCCCCC/C=C\CCCCCC)[C@@H](OCC[C@H](CCCCCCC)OC)[C@@H]1OP(=O)(OCC=C)OCC=C. The average Bonchev–Trinajstić information content (AvgIpc) is 0.779. The van der Waals surface area contributed by atoms with E-state index in [2.05, 4.69) is 84.6 Å². The van der Waals surface area contributed by atoms with Gasteiger partial charge in [0.05, 0.1) is 45.6 Å². The number of hydrogen-bond donors (Lipinski definition) is 1. The van der Waals surface area contributed by atoms with E-state index in [-0.39, 0.29) is 77.6 Å². The third-order valence-electron chi connectivity index (χ3n) is 19.0. The van der Waals surface area contributed by atoms with Gasteiger partial charge in [-0.15, -0.1) is 26.3 Å². The Morgan fingerprint density at radius 2 is 0.848 bits per heavy atom. The number of methoxy groups -OCH3 is 1. The van der Waals surface area contributed by atoms with Crippen LogP contribution in [0.1, 0.15) is 285 Å². The van der Waals surface area contributed by atoms with Crippen LogP contribution in [0.5, 0.6) is 0 Å². The van der Waals surface area contributed by atoms with Crippen LogP contribution in [-0.4, -0.2) is 171 Å². The van der Waals surface area contributed by atoms with Crippen molar-refractivity contribution in [2.45, 2.75) is 352 Å². The molecule has 2 saturated heterocycles. The molecule has 0 saturated carbocycles.